The molecule has 0 spiro atoms. The first-order chi connectivity index (χ1) is 8.15. The molecule has 0 saturated carbocycles. The molecular weight excluding hydrogens is 218 g/mol. The van der Waals surface area contributed by atoms with Crippen LogP contribution in [0, 0.1) is 5.92 Å². The number of rotatable bonds is 1. The van der Waals surface area contributed by atoms with Crippen LogP contribution >= 0.6 is 0 Å². The molecule has 4 heteroatoms. The van der Waals surface area contributed by atoms with Gasteiger partial charge in [0.2, 0.25) is 6.41 Å². The van der Waals surface area contributed by atoms with E-state index in [4.69, 9.17) is 4.79 Å². The van der Waals surface area contributed by atoms with Gasteiger partial charge in [-0.1, -0.05) is 30.3 Å². The summed E-state index contributed by atoms with van der Waals surface area (Å²) in [6.45, 7) is 3.64. The molecule has 17 heavy (non-hydrogen) atoms. The lowest BCUT2D eigenvalue weighted by molar-refractivity contribution is -0.106. The Hall–Kier alpha value is -1.65. The van der Waals surface area contributed by atoms with Gasteiger partial charge in [0.25, 0.3) is 0 Å². The first-order valence-electron chi connectivity index (χ1n) is 5.37. The molecule has 3 unspecified atom stereocenters. The van der Waals surface area contributed by atoms with Crippen molar-refractivity contribution in [1.82, 2.24) is 0 Å². The second kappa shape index (κ2) is 6.18. The Morgan fingerprint density at radius 1 is 1.35 bits per heavy atom. The molecule has 2 rings (SSSR count). The number of nitrogens with two attached hydrogens (primary N) is 1. The predicted octanol–water partition coefficient (Wildman–Crippen LogP) is 0.541. The van der Waals surface area contributed by atoms with Gasteiger partial charge in [-0.3, -0.25) is 4.79 Å². The van der Waals surface area contributed by atoms with Gasteiger partial charge in [0.05, 0.1) is 12.2 Å². The van der Waals surface area contributed by atoms with Crippen LogP contribution in [-0.2, 0) is 11.2 Å². The van der Waals surface area contributed by atoms with Crippen LogP contribution in [0.3, 0.4) is 0 Å². The van der Waals surface area contributed by atoms with Crippen LogP contribution < -0.4 is 5.73 Å². The lowest BCUT2D eigenvalue weighted by Gasteiger charge is -2.32. The minimum Gasteiger partial charge on any atom is -0.392 e. The van der Waals surface area contributed by atoms with Crippen molar-refractivity contribution in [3.63, 3.8) is 0 Å². The van der Waals surface area contributed by atoms with Crippen molar-refractivity contribution in [3.8, 4) is 0 Å². The van der Waals surface area contributed by atoms with E-state index in [-0.39, 0.29) is 12.3 Å². The highest BCUT2D eigenvalue weighted by atomic mass is 16.3. The molecule has 4 N–H and O–H groups in total. The van der Waals surface area contributed by atoms with E-state index < -0.39 is 12.2 Å². The number of hydrogen-bond acceptors (Lipinski definition) is 3. The van der Waals surface area contributed by atoms with Gasteiger partial charge in [-0.25, -0.2) is 0 Å². The average Bonchev–Trinajstić information content (AvgIpc) is 2.30. The fraction of sp³-hybridized carbons (Fsp3) is 0.308. The standard InChI is InChI=1S/C12H14O2.CH3NO/c1-2-9-11(13)7-8-5-3-4-6-10(8)12(9)14;2-1-3/h2-6,9,11-14H,1,7H2;1H,(H2,2,3). The fourth-order valence-corrected chi connectivity index (χ4v) is 2.07. The summed E-state index contributed by atoms with van der Waals surface area (Å²) in [6.07, 6.45) is 1.35. The minimum atomic E-state index is -0.618. The maximum Gasteiger partial charge on any atom is 0.204 e. The van der Waals surface area contributed by atoms with Gasteiger partial charge in [-0.05, 0) is 17.5 Å². The summed E-state index contributed by atoms with van der Waals surface area (Å²) in [7, 11) is 0. The van der Waals surface area contributed by atoms with Crippen molar-refractivity contribution in [3.05, 3.63) is 48.0 Å². The van der Waals surface area contributed by atoms with Gasteiger partial charge >= 0.3 is 0 Å². The van der Waals surface area contributed by atoms with Crippen molar-refractivity contribution in [1.29, 1.82) is 0 Å². The topological polar surface area (TPSA) is 83.6 Å². The highest BCUT2D eigenvalue weighted by Crippen LogP contribution is 2.34. The third-order valence-electron chi connectivity index (χ3n) is 2.88. The molecule has 1 aromatic rings. The summed E-state index contributed by atoms with van der Waals surface area (Å²) in [5.74, 6) is -0.245. The highest BCUT2D eigenvalue weighted by Gasteiger charge is 2.32. The summed E-state index contributed by atoms with van der Waals surface area (Å²) in [5, 5.41) is 19.7. The van der Waals surface area contributed by atoms with Crippen molar-refractivity contribution >= 4 is 6.41 Å². The third-order valence-corrected chi connectivity index (χ3v) is 2.88. The number of carbonyl (C=O) groups is 1. The van der Waals surface area contributed by atoms with Gasteiger partial charge in [-0.2, -0.15) is 0 Å². The van der Waals surface area contributed by atoms with Crippen LogP contribution in [-0.4, -0.2) is 22.7 Å². The van der Waals surface area contributed by atoms with E-state index in [0.29, 0.717) is 6.42 Å². The Morgan fingerprint density at radius 3 is 2.53 bits per heavy atom. The van der Waals surface area contributed by atoms with Crippen LogP contribution in [0.4, 0.5) is 0 Å². The molecule has 4 nitrogen and oxygen atoms in total. The number of aliphatic hydroxyl groups excluding tert-OH is 2. The molecule has 3 atom stereocenters. The molecule has 1 amide bonds. The van der Waals surface area contributed by atoms with E-state index in [1.54, 1.807) is 6.08 Å². The van der Waals surface area contributed by atoms with Crippen molar-refractivity contribution in [2.45, 2.75) is 18.6 Å². The molecule has 0 saturated heterocycles. The highest BCUT2D eigenvalue weighted by molar-refractivity contribution is 5.42. The molecule has 1 aliphatic carbocycles. The van der Waals surface area contributed by atoms with E-state index in [9.17, 15) is 10.2 Å². The zero-order chi connectivity index (χ0) is 12.8. The van der Waals surface area contributed by atoms with Gasteiger partial charge in [0.1, 0.15) is 0 Å². The summed E-state index contributed by atoms with van der Waals surface area (Å²) in [5.41, 5.74) is 6.12. The maximum atomic E-state index is 9.96. The van der Waals surface area contributed by atoms with Crippen LogP contribution in [0.15, 0.2) is 36.9 Å². The molecule has 92 valence electrons. The molecular formula is C13H17NO3. The minimum absolute atomic E-state index is 0.245. The van der Waals surface area contributed by atoms with E-state index in [1.165, 1.54) is 0 Å². The Bertz CT molecular complexity index is 392. The van der Waals surface area contributed by atoms with Gasteiger partial charge < -0.3 is 15.9 Å². The lowest BCUT2D eigenvalue weighted by Crippen LogP contribution is -2.32. The second-order valence-electron chi connectivity index (χ2n) is 3.86. The molecule has 0 bridgehead atoms. The summed E-state index contributed by atoms with van der Waals surface area (Å²) < 4.78 is 0. The molecule has 1 aromatic carbocycles. The first-order valence-corrected chi connectivity index (χ1v) is 5.37. The number of benzene rings is 1. The molecule has 0 fully saturated rings. The molecule has 1 aliphatic rings. The number of carbonyl (C=O) groups excluding carboxylic acids is 1. The smallest absolute Gasteiger partial charge is 0.204 e. The molecule has 0 heterocycles. The van der Waals surface area contributed by atoms with E-state index in [1.807, 2.05) is 24.3 Å². The Labute approximate surface area is 100 Å². The van der Waals surface area contributed by atoms with Crippen molar-refractivity contribution in [2.24, 2.45) is 11.7 Å². The van der Waals surface area contributed by atoms with Crippen molar-refractivity contribution in [2.75, 3.05) is 0 Å². The Kier molecular flexibility index (Phi) is 4.87. The largest absolute Gasteiger partial charge is 0.392 e. The summed E-state index contributed by atoms with van der Waals surface area (Å²) in [6, 6.07) is 7.68. The first kappa shape index (κ1) is 13.4. The van der Waals surface area contributed by atoms with Crippen LogP contribution in [0.25, 0.3) is 0 Å². The Morgan fingerprint density at radius 2 is 1.94 bits per heavy atom. The number of primary amides is 1. The van der Waals surface area contributed by atoms with Gasteiger partial charge in [0, 0.05) is 5.92 Å². The lowest BCUT2D eigenvalue weighted by atomic mass is 9.79. The number of fused-ring (bicyclic) bond motifs is 1. The third kappa shape index (κ3) is 2.93. The number of aliphatic hydroxyl groups is 2. The second-order valence-corrected chi connectivity index (χ2v) is 3.86. The average molecular weight is 235 g/mol. The van der Waals surface area contributed by atoms with E-state index in [2.05, 4.69) is 12.3 Å². The van der Waals surface area contributed by atoms with Gasteiger partial charge in [-0.15, -0.1) is 6.58 Å². The maximum absolute atomic E-state index is 9.96. The SMILES string of the molecule is C=CC1C(O)Cc2ccccc2C1O.NC=O. The predicted molar refractivity (Wildman–Crippen MR) is 65.1 cm³/mol. The monoisotopic (exact) mass is 235 g/mol. The number of hydrogen-bond donors (Lipinski definition) is 3. The zero-order valence-corrected chi connectivity index (χ0v) is 9.49. The van der Waals surface area contributed by atoms with Gasteiger partial charge in [0.15, 0.2) is 0 Å². The van der Waals surface area contributed by atoms with Crippen molar-refractivity contribution < 1.29 is 15.0 Å². The molecule has 0 radical (unpaired) electrons. The summed E-state index contributed by atoms with van der Waals surface area (Å²) >= 11 is 0. The summed E-state index contributed by atoms with van der Waals surface area (Å²) in [4.78, 5) is 8.58. The molecule has 0 aromatic heterocycles. The van der Waals surface area contributed by atoms with Crippen LogP contribution in [0.1, 0.15) is 17.2 Å². The zero-order valence-electron chi connectivity index (χ0n) is 9.49. The van der Waals surface area contributed by atoms with Crippen LogP contribution in [0.2, 0.25) is 0 Å². The van der Waals surface area contributed by atoms with Crippen LogP contribution in [0.5, 0.6) is 0 Å². The van der Waals surface area contributed by atoms with E-state index in [0.717, 1.165) is 11.1 Å². The normalized spacial score (nSPS) is 26.1. The Balaban J connectivity index is 0.000000437. The fourth-order valence-electron chi connectivity index (χ4n) is 2.07. The molecule has 0 aliphatic heterocycles. The van der Waals surface area contributed by atoms with E-state index >= 15 is 0 Å². The quantitative estimate of drug-likeness (QED) is 0.490. The number of amides is 1.